The van der Waals surface area contributed by atoms with E-state index in [4.69, 9.17) is 0 Å². The largest absolute Gasteiger partial charge is 0.255 e. The zero-order valence-corrected chi connectivity index (χ0v) is 11.1. The second-order valence-electron chi connectivity index (χ2n) is 6.12. The Kier molecular flexibility index (Phi) is 4.60. The first kappa shape index (κ1) is 13.0. The van der Waals surface area contributed by atoms with Gasteiger partial charge in [-0.1, -0.05) is 40.5 Å². The van der Waals surface area contributed by atoms with E-state index in [1.54, 1.807) is 0 Å². The summed E-state index contributed by atoms with van der Waals surface area (Å²) >= 11 is 0. The van der Waals surface area contributed by atoms with Gasteiger partial charge in [0.2, 0.25) is 0 Å². The quantitative estimate of drug-likeness (QED) is 0.774. The van der Waals surface area contributed by atoms with Crippen molar-refractivity contribution >= 4 is 0 Å². The van der Waals surface area contributed by atoms with Crippen LogP contribution in [0.5, 0.6) is 0 Å². The number of hydrogen-bond acceptors (Lipinski definition) is 2. The standard InChI is InChI=1S/C13H28N2/c1-6-7-8-11-10-15(5)14-9-12(11)13(2,3)4/h11-12,14H,6-10H2,1-5H3. The van der Waals surface area contributed by atoms with Crippen LogP contribution in [-0.2, 0) is 0 Å². The molecule has 0 saturated carbocycles. The zero-order valence-electron chi connectivity index (χ0n) is 11.1. The second-order valence-corrected chi connectivity index (χ2v) is 6.12. The van der Waals surface area contributed by atoms with Crippen LogP contribution in [0.3, 0.4) is 0 Å². The van der Waals surface area contributed by atoms with Gasteiger partial charge >= 0.3 is 0 Å². The highest BCUT2D eigenvalue weighted by Gasteiger charge is 2.35. The average Bonchev–Trinajstić information content (AvgIpc) is 2.12. The highest BCUT2D eigenvalue weighted by molar-refractivity contribution is 4.85. The van der Waals surface area contributed by atoms with Crippen molar-refractivity contribution in [2.24, 2.45) is 17.3 Å². The summed E-state index contributed by atoms with van der Waals surface area (Å²) in [5, 5.41) is 2.27. The van der Waals surface area contributed by atoms with Gasteiger partial charge in [-0.25, -0.2) is 5.01 Å². The third kappa shape index (κ3) is 3.76. The van der Waals surface area contributed by atoms with Crippen molar-refractivity contribution in [3.05, 3.63) is 0 Å². The van der Waals surface area contributed by atoms with Gasteiger partial charge in [-0.2, -0.15) is 0 Å². The van der Waals surface area contributed by atoms with E-state index in [-0.39, 0.29) is 0 Å². The van der Waals surface area contributed by atoms with Gasteiger partial charge in [0.05, 0.1) is 0 Å². The Morgan fingerprint density at radius 3 is 2.53 bits per heavy atom. The summed E-state index contributed by atoms with van der Waals surface area (Å²) in [6, 6.07) is 0. The van der Waals surface area contributed by atoms with Crippen LogP contribution in [0.1, 0.15) is 47.0 Å². The number of unbranched alkanes of at least 4 members (excludes halogenated alkanes) is 1. The normalized spacial score (nSPS) is 29.4. The van der Waals surface area contributed by atoms with Gasteiger partial charge in [0.25, 0.3) is 0 Å². The Morgan fingerprint density at radius 1 is 1.33 bits per heavy atom. The topological polar surface area (TPSA) is 15.3 Å². The van der Waals surface area contributed by atoms with Crippen molar-refractivity contribution in [1.82, 2.24) is 10.4 Å². The van der Waals surface area contributed by atoms with Crippen molar-refractivity contribution < 1.29 is 0 Å². The molecule has 0 aromatic heterocycles. The van der Waals surface area contributed by atoms with Gasteiger partial charge < -0.3 is 0 Å². The highest BCUT2D eigenvalue weighted by Crippen LogP contribution is 2.36. The van der Waals surface area contributed by atoms with Crippen molar-refractivity contribution in [3.63, 3.8) is 0 Å². The molecule has 0 aromatic rings. The van der Waals surface area contributed by atoms with Crippen molar-refractivity contribution in [2.45, 2.75) is 47.0 Å². The number of hydrazine groups is 1. The summed E-state index contributed by atoms with van der Waals surface area (Å²) in [5.74, 6) is 1.69. The number of nitrogens with one attached hydrogen (secondary N) is 1. The number of hydrogen-bond donors (Lipinski definition) is 1. The predicted octanol–water partition coefficient (Wildman–Crippen LogP) is 2.91. The van der Waals surface area contributed by atoms with E-state index in [9.17, 15) is 0 Å². The molecule has 15 heavy (non-hydrogen) atoms. The fraction of sp³-hybridized carbons (Fsp3) is 1.00. The molecular weight excluding hydrogens is 184 g/mol. The van der Waals surface area contributed by atoms with Crippen molar-refractivity contribution in [2.75, 3.05) is 20.1 Å². The van der Waals surface area contributed by atoms with E-state index in [0.717, 1.165) is 18.4 Å². The van der Waals surface area contributed by atoms with Crippen LogP contribution in [0.15, 0.2) is 0 Å². The maximum atomic E-state index is 3.48. The fourth-order valence-electron chi connectivity index (χ4n) is 2.74. The predicted molar refractivity (Wildman–Crippen MR) is 66.6 cm³/mol. The molecule has 0 bridgehead atoms. The molecule has 1 heterocycles. The molecule has 0 aliphatic carbocycles. The summed E-state index contributed by atoms with van der Waals surface area (Å²) < 4.78 is 0. The van der Waals surface area contributed by atoms with Gasteiger partial charge in [0.15, 0.2) is 0 Å². The molecule has 0 radical (unpaired) electrons. The van der Waals surface area contributed by atoms with E-state index >= 15 is 0 Å². The summed E-state index contributed by atoms with van der Waals surface area (Å²) in [5.41, 5.74) is 3.92. The Bertz CT molecular complexity index is 183. The van der Waals surface area contributed by atoms with Crippen LogP contribution < -0.4 is 5.43 Å². The lowest BCUT2D eigenvalue weighted by Crippen LogP contribution is -2.52. The van der Waals surface area contributed by atoms with Crippen LogP contribution in [0.25, 0.3) is 0 Å². The lowest BCUT2D eigenvalue weighted by molar-refractivity contribution is 0.0302. The molecule has 1 aliphatic rings. The molecule has 90 valence electrons. The number of nitrogens with zero attached hydrogens (tertiary/aromatic N) is 1. The van der Waals surface area contributed by atoms with E-state index in [0.29, 0.717) is 5.41 Å². The first-order valence-electron chi connectivity index (χ1n) is 6.39. The minimum Gasteiger partial charge on any atom is -0.255 e. The summed E-state index contributed by atoms with van der Waals surface area (Å²) in [6.45, 7) is 11.8. The molecule has 2 nitrogen and oxygen atoms in total. The van der Waals surface area contributed by atoms with Crippen LogP contribution in [0, 0.1) is 17.3 Å². The van der Waals surface area contributed by atoms with Crippen LogP contribution >= 0.6 is 0 Å². The molecule has 2 heteroatoms. The second kappa shape index (κ2) is 5.31. The Hall–Kier alpha value is -0.0800. The Labute approximate surface area is 95.4 Å². The molecule has 0 amide bonds. The highest BCUT2D eigenvalue weighted by atomic mass is 15.5. The molecular formula is C13H28N2. The van der Waals surface area contributed by atoms with Crippen molar-refractivity contribution in [1.29, 1.82) is 0 Å². The molecule has 1 saturated heterocycles. The van der Waals surface area contributed by atoms with Crippen LogP contribution in [0.2, 0.25) is 0 Å². The molecule has 1 fully saturated rings. The third-order valence-corrected chi connectivity index (χ3v) is 3.70. The van der Waals surface area contributed by atoms with E-state index in [2.05, 4.69) is 45.2 Å². The molecule has 0 aromatic carbocycles. The SMILES string of the molecule is CCCCC1CN(C)NCC1C(C)(C)C. The molecule has 2 unspecified atom stereocenters. The van der Waals surface area contributed by atoms with Crippen LogP contribution in [0.4, 0.5) is 0 Å². The van der Waals surface area contributed by atoms with E-state index in [1.165, 1.54) is 25.8 Å². The van der Waals surface area contributed by atoms with Crippen LogP contribution in [-0.4, -0.2) is 25.1 Å². The third-order valence-electron chi connectivity index (χ3n) is 3.70. The van der Waals surface area contributed by atoms with Gasteiger partial charge in [-0.05, 0) is 23.7 Å². The average molecular weight is 212 g/mol. The molecule has 1 aliphatic heterocycles. The monoisotopic (exact) mass is 212 g/mol. The Balaban J connectivity index is 2.58. The lowest BCUT2D eigenvalue weighted by atomic mass is 9.70. The summed E-state index contributed by atoms with van der Waals surface area (Å²) in [6.07, 6.45) is 4.10. The molecule has 2 atom stereocenters. The lowest BCUT2D eigenvalue weighted by Gasteiger charge is -2.44. The van der Waals surface area contributed by atoms with Gasteiger partial charge in [0.1, 0.15) is 0 Å². The first-order chi connectivity index (χ1) is 6.95. The zero-order chi connectivity index (χ0) is 11.5. The van der Waals surface area contributed by atoms with Gasteiger partial charge in [0, 0.05) is 20.1 Å². The van der Waals surface area contributed by atoms with Gasteiger partial charge in [-0.3, -0.25) is 5.43 Å². The van der Waals surface area contributed by atoms with Gasteiger partial charge in [-0.15, -0.1) is 0 Å². The smallest absolute Gasteiger partial charge is 0.0159 e. The maximum absolute atomic E-state index is 3.48. The minimum absolute atomic E-state index is 0.437. The number of rotatable bonds is 3. The first-order valence-corrected chi connectivity index (χ1v) is 6.39. The maximum Gasteiger partial charge on any atom is 0.0159 e. The molecule has 1 N–H and O–H groups in total. The van der Waals surface area contributed by atoms with E-state index < -0.39 is 0 Å². The van der Waals surface area contributed by atoms with Crippen molar-refractivity contribution in [3.8, 4) is 0 Å². The Morgan fingerprint density at radius 2 is 2.00 bits per heavy atom. The molecule has 1 rings (SSSR count). The molecule has 0 spiro atoms. The minimum atomic E-state index is 0.437. The fourth-order valence-corrected chi connectivity index (χ4v) is 2.74. The summed E-state index contributed by atoms with van der Waals surface area (Å²) in [4.78, 5) is 0. The van der Waals surface area contributed by atoms with E-state index in [1.807, 2.05) is 0 Å². The summed E-state index contributed by atoms with van der Waals surface area (Å²) in [7, 11) is 2.16.